The molecule has 0 fully saturated rings. The van der Waals surface area contributed by atoms with E-state index in [2.05, 4.69) is 38.5 Å². The Hall–Kier alpha value is -5.22. The summed E-state index contributed by atoms with van der Waals surface area (Å²) in [6, 6.07) is 18.0. The van der Waals surface area contributed by atoms with Gasteiger partial charge in [0.2, 0.25) is 0 Å². The highest BCUT2D eigenvalue weighted by atomic mass is 19.1. The number of carbonyl (C=O) groups excluding carboxylic acids is 3. The van der Waals surface area contributed by atoms with Crippen LogP contribution in [0.4, 0.5) is 4.39 Å². The molecule has 0 unspecified atom stereocenters. The topological polar surface area (TPSA) is 78.9 Å². The summed E-state index contributed by atoms with van der Waals surface area (Å²) in [5.41, 5.74) is 2.86. The molecule has 7 heteroatoms. The van der Waals surface area contributed by atoms with Gasteiger partial charge in [0.15, 0.2) is 0 Å². The summed E-state index contributed by atoms with van der Waals surface area (Å²) in [7, 11) is 0. The van der Waals surface area contributed by atoms with Crippen LogP contribution in [0.1, 0.15) is 135 Å². The molecule has 0 saturated carbocycles. The fourth-order valence-corrected chi connectivity index (χ4v) is 5.55. The van der Waals surface area contributed by atoms with Gasteiger partial charge in [-0.3, -0.25) is 0 Å². The Morgan fingerprint density at radius 2 is 1.02 bits per heavy atom. The quantitative estimate of drug-likeness (QED) is 0.0314. The van der Waals surface area contributed by atoms with E-state index in [1.54, 1.807) is 74.5 Å². The fourth-order valence-electron chi connectivity index (χ4n) is 5.55. The van der Waals surface area contributed by atoms with Crippen molar-refractivity contribution in [2.75, 3.05) is 6.61 Å². The summed E-state index contributed by atoms with van der Waals surface area (Å²) in [6.45, 7) is 16.4. The van der Waals surface area contributed by atoms with Crippen molar-refractivity contribution >= 4 is 17.9 Å². The highest BCUT2D eigenvalue weighted by Crippen LogP contribution is 2.26. The molecule has 0 radical (unpaired) electrons. The van der Waals surface area contributed by atoms with Gasteiger partial charge in [0.1, 0.15) is 17.3 Å². The summed E-state index contributed by atoms with van der Waals surface area (Å²) in [4.78, 5) is 34.0. The van der Waals surface area contributed by atoms with Crippen LogP contribution in [-0.2, 0) is 19.1 Å². The number of hydrogen-bond acceptors (Lipinski definition) is 6. The summed E-state index contributed by atoms with van der Waals surface area (Å²) < 4.78 is 29.9. The number of rotatable bonds is 23. The second-order valence-corrected chi connectivity index (χ2v) is 14.0. The van der Waals surface area contributed by atoms with Crippen molar-refractivity contribution in [2.24, 2.45) is 0 Å². The van der Waals surface area contributed by atoms with Gasteiger partial charge in [-0.05, 0) is 74.4 Å². The molecule has 0 atom stereocenters. The third-order valence-corrected chi connectivity index (χ3v) is 8.87. The Bertz CT molecular complexity index is 1740. The number of halogens is 1. The van der Waals surface area contributed by atoms with Gasteiger partial charge in [0, 0.05) is 33.9 Å². The maximum atomic E-state index is 14.7. The first kappa shape index (κ1) is 46.9. The number of esters is 3. The van der Waals surface area contributed by atoms with Crippen LogP contribution in [0.25, 0.3) is 11.1 Å². The number of carbonyl (C=O) groups is 3. The summed E-state index contributed by atoms with van der Waals surface area (Å²) in [5.74, 6) is 4.90. The van der Waals surface area contributed by atoms with Gasteiger partial charge in [-0.2, -0.15) is 0 Å². The first-order valence-electron chi connectivity index (χ1n) is 20.1. The summed E-state index contributed by atoms with van der Waals surface area (Å²) in [5, 5.41) is 0. The zero-order valence-electron chi connectivity index (χ0n) is 33.9. The zero-order valence-corrected chi connectivity index (χ0v) is 33.9. The van der Waals surface area contributed by atoms with Crippen molar-refractivity contribution in [3.05, 3.63) is 121 Å². The van der Waals surface area contributed by atoms with Gasteiger partial charge in [0.05, 0.1) is 6.61 Å². The molecular formula is C49H61FO6. The fraction of sp³-hybridized carbons (Fsp3) is 0.408. The van der Waals surface area contributed by atoms with Gasteiger partial charge in [-0.25, -0.2) is 18.8 Å². The van der Waals surface area contributed by atoms with Crippen LogP contribution in [0.2, 0.25) is 0 Å². The van der Waals surface area contributed by atoms with Crippen LogP contribution in [-0.4, -0.2) is 24.5 Å². The van der Waals surface area contributed by atoms with Crippen molar-refractivity contribution in [1.29, 1.82) is 0 Å². The second kappa shape index (κ2) is 28.2. The molecule has 0 aliphatic carbocycles. The van der Waals surface area contributed by atoms with Gasteiger partial charge in [-0.1, -0.05) is 153 Å². The van der Waals surface area contributed by atoms with E-state index in [4.69, 9.17) is 14.2 Å². The Morgan fingerprint density at radius 1 is 0.607 bits per heavy atom. The number of ether oxygens (including phenoxy) is 3. The van der Waals surface area contributed by atoms with Crippen LogP contribution in [0.5, 0.6) is 11.5 Å². The Balaban J connectivity index is 0.000000416. The van der Waals surface area contributed by atoms with Crippen molar-refractivity contribution in [2.45, 2.75) is 124 Å². The van der Waals surface area contributed by atoms with Crippen molar-refractivity contribution in [3.63, 3.8) is 0 Å². The molecule has 56 heavy (non-hydrogen) atoms. The summed E-state index contributed by atoms with van der Waals surface area (Å²) in [6.07, 6.45) is 23.0. The first-order valence-corrected chi connectivity index (χ1v) is 20.1. The standard InChI is InChI=1S/C28H21FO4.C21H40O2/c1-18(2)27(30)32-23-12-7-20(8-13-23)5-6-21-9-16-25(26(29)17-21)22-10-14-24(15-11-22)33-28(31)19(3)4;1-3-5-6-7-8-9-10-11-12-13-14-15-16-17-18-19-20-23-21(22)4-2/h7-17H,1,3H2,2,4H3;4H,2-3,5-20H2,1H3. The maximum absolute atomic E-state index is 14.7. The maximum Gasteiger partial charge on any atom is 0.338 e. The molecule has 3 aromatic rings. The second-order valence-electron chi connectivity index (χ2n) is 14.0. The van der Waals surface area contributed by atoms with E-state index < -0.39 is 17.8 Å². The minimum absolute atomic E-state index is 0.295. The van der Waals surface area contributed by atoms with E-state index in [1.807, 2.05) is 0 Å². The molecule has 0 aliphatic heterocycles. The van der Waals surface area contributed by atoms with Crippen LogP contribution in [0.3, 0.4) is 0 Å². The lowest BCUT2D eigenvalue weighted by Crippen LogP contribution is -2.07. The molecule has 3 aromatic carbocycles. The number of unbranched alkanes of at least 4 members (excludes halogenated alkanes) is 15. The van der Waals surface area contributed by atoms with Crippen LogP contribution in [0, 0.1) is 17.7 Å². The summed E-state index contributed by atoms with van der Waals surface area (Å²) >= 11 is 0. The lowest BCUT2D eigenvalue weighted by Gasteiger charge is -2.07. The third-order valence-electron chi connectivity index (χ3n) is 8.87. The van der Waals surface area contributed by atoms with E-state index in [-0.39, 0.29) is 5.97 Å². The van der Waals surface area contributed by atoms with Gasteiger partial charge in [-0.15, -0.1) is 0 Å². The molecule has 0 aliphatic rings. The van der Waals surface area contributed by atoms with Crippen molar-refractivity contribution in [3.8, 4) is 34.5 Å². The molecule has 6 nitrogen and oxygen atoms in total. The minimum Gasteiger partial charge on any atom is -0.463 e. The normalized spacial score (nSPS) is 10.2. The predicted molar refractivity (Wildman–Crippen MR) is 226 cm³/mol. The third kappa shape index (κ3) is 20.5. The van der Waals surface area contributed by atoms with E-state index in [0.29, 0.717) is 51.5 Å². The SMILES string of the molecule is C=C(C)C(=O)Oc1ccc(C#Cc2ccc(-c3ccc(OC(=O)C(=C)C)cc3)c(F)c2)cc1.C=CC(=O)OCCCCCCCCCCCCCCCCCC. The molecule has 0 aromatic heterocycles. The van der Waals surface area contributed by atoms with Crippen LogP contribution < -0.4 is 9.47 Å². The van der Waals surface area contributed by atoms with Gasteiger partial charge in [0.25, 0.3) is 0 Å². The van der Waals surface area contributed by atoms with Gasteiger partial charge >= 0.3 is 17.9 Å². The molecule has 300 valence electrons. The zero-order chi connectivity index (χ0) is 41.0. The highest BCUT2D eigenvalue weighted by molar-refractivity contribution is 5.89. The average molecular weight is 765 g/mol. The molecule has 0 spiro atoms. The van der Waals surface area contributed by atoms with E-state index in [0.717, 1.165) is 6.42 Å². The number of benzene rings is 3. The predicted octanol–water partition coefficient (Wildman–Crippen LogP) is 12.8. The lowest BCUT2D eigenvalue weighted by molar-refractivity contribution is -0.138. The van der Waals surface area contributed by atoms with Crippen molar-refractivity contribution < 1.29 is 33.0 Å². The molecule has 3 rings (SSSR count). The van der Waals surface area contributed by atoms with E-state index >= 15 is 0 Å². The largest absolute Gasteiger partial charge is 0.463 e. The monoisotopic (exact) mass is 764 g/mol. The minimum atomic E-state index is -0.514. The Morgan fingerprint density at radius 3 is 1.45 bits per heavy atom. The lowest BCUT2D eigenvalue weighted by atomic mass is 10.0. The first-order chi connectivity index (χ1) is 27.0. The van der Waals surface area contributed by atoms with E-state index in [1.165, 1.54) is 108 Å². The molecular weight excluding hydrogens is 704 g/mol. The Labute approximate surface area is 335 Å². The highest BCUT2D eigenvalue weighted by Gasteiger charge is 2.09. The molecule has 0 N–H and O–H groups in total. The number of hydrogen-bond donors (Lipinski definition) is 0. The molecule has 0 amide bonds. The Kier molecular flexibility index (Phi) is 23.7. The van der Waals surface area contributed by atoms with E-state index in [9.17, 15) is 18.8 Å². The van der Waals surface area contributed by atoms with Crippen molar-refractivity contribution in [1.82, 2.24) is 0 Å². The van der Waals surface area contributed by atoms with Crippen LogP contribution >= 0.6 is 0 Å². The molecule has 0 bridgehead atoms. The molecule has 0 saturated heterocycles. The average Bonchev–Trinajstić information content (AvgIpc) is 3.19. The molecule has 0 heterocycles. The van der Waals surface area contributed by atoms with Crippen LogP contribution in [0.15, 0.2) is 104 Å². The van der Waals surface area contributed by atoms with Gasteiger partial charge < -0.3 is 14.2 Å². The smallest absolute Gasteiger partial charge is 0.338 e.